The summed E-state index contributed by atoms with van der Waals surface area (Å²) in [7, 11) is 0. The number of carbonyl (C=O) groups is 1. The third kappa shape index (κ3) is 3.46. The van der Waals surface area contributed by atoms with Gasteiger partial charge in [-0.3, -0.25) is 4.79 Å². The van der Waals surface area contributed by atoms with Crippen LogP contribution in [0.25, 0.3) is 16.9 Å². The number of imidazole rings is 2. The lowest BCUT2D eigenvalue weighted by atomic mass is 10.1. The summed E-state index contributed by atoms with van der Waals surface area (Å²) >= 11 is 0. The number of ether oxygens (including phenoxy) is 1. The number of amides is 1. The summed E-state index contributed by atoms with van der Waals surface area (Å²) in [5.41, 5.74) is 4.69. The van der Waals surface area contributed by atoms with E-state index in [0.29, 0.717) is 24.0 Å². The third-order valence-electron chi connectivity index (χ3n) is 6.56. The number of para-hydroxylation sites is 1. The second-order valence-electron chi connectivity index (χ2n) is 9.08. The van der Waals surface area contributed by atoms with Crippen molar-refractivity contribution in [1.82, 2.24) is 19.1 Å². The van der Waals surface area contributed by atoms with Crippen LogP contribution in [0.1, 0.15) is 53.3 Å². The van der Waals surface area contributed by atoms with E-state index >= 15 is 0 Å². The Kier molecular flexibility index (Phi) is 4.76. The van der Waals surface area contributed by atoms with Gasteiger partial charge in [-0.25, -0.2) is 14.4 Å². The number of rotatable bonds is 4. The van der Waals surface area contributed by atoms with Gasteiger partial charge in [-0.2, -0.15) is 0 Å². The van der Waals surface area contributed by atoms with Crippen molar-refractivity contribution in [2.45, 2.75) is 38.6 Å². The van der Waals surface area contributed by atoms with E-state index in [2.05, 4.69) is 15.3 Å². The topological polar surface area (TPSA) is 74.0 Å². The largest absolute Gasteiger partial charge is 0.489 e. The van der Waals surface area contributed by atoms with E-state index in [-0.39, 0.29) is 11.6 Å². The van der Waals surface area contributed by atoms with Gasteiger partial charge in [0, 0.05) is 17.7 Å². The molecule has 34 heavy (non-hydrogen) atoms. The highest BCUT2D eigenvalue weighted by Gasteiger charge is 2.27. The van der Waals surface area contributed by atoms with Gasteiger partial charge in [-0.05, 0) is 56.5 Å². The summed E-state index contributed by atoms with van der Waals surface area (Å²) < 4.78 is 24.9. The standard InChI is InChI=1S/C26H24FN5O2/c1-15-8-20(27)19(9-23(15)31-11-22(29-14-31)17-6-7-17)26(33)30-21-5-3-4-18-24-10-28-13-32(24)16(2)12-34-25(18)21/h3-5,8-11,13-14,16-17H,6-7,12H2,1-2H3,(H,30,33)/t16-/m1/s1. The normalized spacial score (nSPS) is 16.9. The molecule has 4 aromatic rings. The van der Waals surface area contributed by atoms with Gasteiger partial charge in [-0.1, -0.05) is 6.07 Å². The molecule has 0 unspecified atom stereocenters. The molecule has 1 atom stereocenters. The number of aryl methyl sites for hydroxylation is 1. The molecule has 1 aliphatic carbocycles. The Morgan fingerprint density at radius 2 is 2.09 bits per heavy atom. The molecule has 2 aromatic heterocycles. The zero-order chi connectivity index (χ0) is 23.4. The van der Waals surface area contributed by atoms with Crippen molar-refractivity contribution >= 4 is 11.6 Å². The van der Waals surface area contributed by atoms with Gasteiger partial charge >= 0.3 is 0 Å². The van der Waals surface area contributed by atoms with Crippen LogP contribution in [-0.4, -0.2) is 31.6 Å². The first-order valence-corrected chi connectivity index (χ1v) is 11.4. The fraction of sp³-hybridized carbons (Fsp3) is 0.269. The SMILES string of the molecule is Cc1cc(F)c(C(=O)Nc2cccc3c2OC[C@@H](C)n2cncc2-3)cc1-n1cnc(C2CC2)c1. The minimum atomic E-state index is -0.573. The van der Waals surface area contributed by atoms with Crippen molar-refractivity contribution in [2.24, 2.45) is 0 Å². The highest BCUT2D eigenvalue weighted by molar-refractivity contribution is 6.06. The predicted molar refractivity (Wildman–Crippen MR) is 126 cm³/mol. The minimum absolute atomic E-state index is 0.0353. The lowest BCUT2D eigenvalue weighted by Gasteiger charge is -2.15. The molecule has 1 N–H and O–H groups in total. The zero-order valence-corrected chi connectivity index (χ0v) is 19.0. The number of anilines is 1. The average Bonchev–Trinajstić information content (AvgIpc) is 3.38. The number of nitrogens with zero attached hydrogens (tertiary/aromatic N) is 4. The van der Waals surface area contributed by atoms with Crippen molar-refractivity contribution in [3.05, 3.63) is 78.0 Å². The molecule has 8 heteroatoms. The number of benzene rings is 2. The summed E-state index contributed by atoms with van der Waals surface area (Å²) in [6.45, 7) is 4.30. The quantitative estimate of drug-likeness (QED) is 0.453. The highest BCUT2D eigenvalue weighted by Crippen LogP contribution is 2.41. The molecular formula is C26H24FN5O2. The summed E-state index contributed by atoms with van der Waals surface area (Å²) in [6.07, 6.45) is 9.55. The van der Waals surface area contributed by atoms with Gasteiger partial charge < -0.3 is 19.2 Å². The van der Waals surface area contributed by atoms with Crippen molar-refractivity contribution < 1.29 is 13.9 Å². The van der Waals surface area contributed by atoms with E-state index in [9.17, 15) is 9.18 Å². The Morgan fingerprint density at radius 3 is 2.91 bits per heavy atom. The van der Waals surface area contributed by atoms with Crippen LogP contribution >= 0.6 is 0 Å². The Bertz CT molecular complexity index is 1420. The molecule has 2 aromatic carbocycles. The molecule has 0 spiro atoms. The maximum atomic E-state index is 14.9. The molecule has 7 nitrogen and oxygen atoms in total. The smallest absolute Gasteiger partial charge is 0.258 e. The van der Waals surface area contributed by atoms with Gasteiger partial charge in [0.05, 0.1) is 53.2 Å². The molecule has 0 radical (unpaired) electrons. The monoisotopic (exact) mass is 457 g/mol. The van der Waals surface area contributed by atoms with Crippen LogP contribution in [0.3, 0.4) is 0 Å². The second-order valence-corrected chi connectivity index (χ2v) is 9.08. The van der Waals surface area contributed by atoms with Gasteiger partial charge in [0.15, 0.2) is 5.75 Å². The number of hydrogen-bond acceptors (Lipinski definition) is 4. The molecule has 0 bridgehead atoms. The van der Waals surface area contributed by atoms with Crippen molar-refractivity contribution in [2.75, 3.05) is 11.9 Å². The minimum Gasteiger partial charge on any atom is -0.489 e. The van der Waals surface area contributed by atoms with Crippen LogP contribution in [0.15, 0.2) is 55.4 Å². The first-order valence-electron chi connectivity index (χ1n) is 11.4. The predicted octanol–water partition coefficient (Wildman–Crippen LogP) is 5.27. The van der Waals surface area contributed by atoms with E-state index in [0.717, 1.165) is 41.0 Å². The molecule has 0 saturated heterocycles. The fourth-order valence-corrected chi connectivity index (χ4v) is 4.50. The summed E-state index contributed by atoms with van der Waals surface area (Å²) in [6, 6.07) is 8.59. The summed E-state index contributed by atoms with van der Waals surface area (Å²) in [5.74, 6) is -0.0458. The maximum Gasteiger partial charge on any atom is 0.258 e. The maximum absolute atomic E-state index is 14.9. The summed E-state index contributed by atoms with van der Waals surface area (Å²) in [5, 5.41) is 2.87. The average molecular weight is 458 g/mol. The number of aromatic nitrogens is 4. The van der Waals surface area contributed by atoms with Crippen LogP contribution in [0, 0.1) is 12.7 Å². The Labute approximate surface area is 196 Å². The van der Waals surface area contributed by atoms with E-state index in [4.69, 9.17) is 4.74 Å². The molecule has 1 amide bonds. The van der Waals surface area contributed by atoms with Gasteiger partial charge in [0.25, 0.3) is 5.91 Å². The molecule has 1 saturated carbocycles. The highest BCUT2D eigenvalue weighted by atomic mass is 19.1. The van der Waals surface area contributed by atoms with Crippen molar-refractivity contribution in [1.29, 1.82) is 0 Å². The lowest BCUT2D eigenvalue weighted by Crippen LogP contribution is -2.16. The van der Waals surface area contributed by atoms with Crippen LogP contribution in [0.5, 0.6) is 5.75 Å². The first-order chi connectivity index (χ1) is 16.5. The van der Waals surface area contributed by atoms with Crippen LogP contribution in [0.2, 0.25) is 0 Å². The van der Waals surface area contributed by atoms with Gasteiger partial charge in [-0.15, -0.1) is 0 Å². The summed E-state index contributed by atoms with van der Waals surface area (Å²) in [4.78, 5) is 22.0. The van der Waals surface area contributed by atoms with Crippen molar-refractivity contribution in [3.63, 3.8) is 0 Å². The number of fused-ring (bicyclic) bond motifs is 3. The lowest BCUT2D eigenvalue weighted by molar-refractivity contribution is 0.102. The van der Waals surface area contributed by atoms with Crippen LogP contribution in [-0.2, 0) is 0 Å². The first kappa shape index (κ1) is 20.7. The Morgan fingerprint density at radius 1 is 1.24 bits per heavy atom. The van der Waals surface area contributed by atoms with Crippen LogP contribution in [0.4, 0.5) is 10.1 Å². The number of carbonyl (C=O) groups excluding carboxylic acids is 1. The van der Waals surface area contributed by atoms with E-state index in [1.165, 1.54) is 6.07 Å². The van der Waals surface area contributed by atoms with Gasteiger partial charge in [0.2, 0.25) is 0 Å². The molecule has 172 valence electrons. The van der Waals surface area contributed by atoms with E-state index in [1.54, 1.807) is 31.0 Å². The van der Waals surface area contributed by atoms with E-state index < -0.39 is 11.7 Å². The second kappa shape index (κ2) is 7.83. The third-order valence-corrected chi connectivity index (χ3v) is 6.56. The molecular weight excluding hydrogens is 433 g/mol. The zero-order valence-electron chi connectivity index (χ0n) is 19.0. The molecule has 1 aliphatic heterocycles. The number of nitrogens with one attached hydrogen (secondary N) is 1. The molecule has 2 aliphatic rings. The van der Waals surface area contributed by atoms with E-state index in [1.807, 2.05) is 41.3 Å². The Hall–Kier alpha value is -3.94. The molecule has 1 fully saturated rings. The van der Waals surface area contributed by atoms with Gasteiger partial charge in [0.1, 0.15) is 12.4 Å². The molecule has 3 heterocycles. The number of halogens is 1. The Balaban J connectivity index is 1.34. The van der Waals surface area contributed by atoms with Crippen molar-refractivity contribution in [3.8, 4) is 22.7 Å². The number of hydrogen-bond donors (Lipinski definition) is 1. The fourth-order valence-electron chi connectivity index (χ4n) is 4.50. The molecule has 6 rings (SSSR count). The van der Waals surface area contributed by atoms with Crippen LogP contribution < -0.4 is 10.1 Å².